The number of carbonyl (C=O) groups excluding carboxylic acids is 2. The van der Waals surface area contributed by atoms with E-state index < -0.39 is 35.7 Å². The first kappa shape index (κ1) is 21.0. The molecule has 5 rings (SSSR count). The second kappa shape index (κ2) is 8.22. The van der Waals surface area contributed by atoms with E-state index in [0.717, 1.165) is 10.5 Å². The van der Waals surface area contributed by atoms with E-state index in [0.29, 0.717) is 22.9 Å². The van der Waals surface area contributed by atoms with Crippen LogP contribution in [-0.2, 0) is 14.4 Å². The van der Waals surface area contributed by atoms with Crippen LogP contribution < -0.4 is 19.4 Å². The van der Waals surface area contributed by atoms with Crippen molar-refractivity contribution in [3.05, 3.63) is 84.2 Å². The number of hydrogen-bond acceptors (Lipinski definition) is 6. The molecular weight excluding hydrogens is 427 g/mol. The molecule has 0 spiro atoms. The minimum Gasteiger partial charge on any atom is -0.493 e. The zero-order valence-corrected chi connectivity index (χ0v) is 18.0. The molecule has 0 unspecified atom stereocenters. The Balaban J connectivity index is 1.60. The van der Waals surface area contributed by atoms with Gasteiger partial charge in [-0.25, -0.2) is 14.4 Å². The van der Waals surface area contributed by atoms with E-state index in [9.17, 15) is 14.0 Å². The van der Waals surface area contributed by atoms with Crippen LogP contribution in [0.4, 0.5) is 15.8 Å². The maximum absolute atomic E-state index is 13.6. The summed E-state index contributed by atoms with van der Waals surface area (Å²) in [4.78, 5) is 34.0. The first-order valence-corrected chi connectivity index (χ1v) is 10.4. The molecule has 2 amide bonds. The van der Waals surface area contributed by atoms with Gasteiger partial charge in [-0.2, -0.15) is 0 Å². The zero-order valence-electron chi connectivity index (χ0n) is 18.0. The largest absolute Gasteiger partial charge is 0.493 e. The number of methoxy groups -OCH3 is 2. The first-order chi connectivity index (χ1) is 16.0. The minimum absolute atomic E-state index is 0.307. The molecule has 2 fully saturated rings. The molecule has 0 N–H and O–H groups in total. The number of halogens is 1. The fraction of sp³-hybridized carbons (Fsp3) is 0.200. The molecule has 3 aromatic rings. The van der Waals surface area contributed by atoms with Gasteiger partial charge < -0.3 is 9.47 Å². The lowest BCUT2D eigenvalue weighted by atomic mass is 9.90. The van der Waals surface area contributed by atoms with E-state index in [1.807, 2.05) is 36.4 Å². The molecule has 0 saturated carbocycles. The van der Waals surface area contributed by atoms with Crippen LogP contribution in [0, 0.1) is 11.7 Å². The topological polar surface area (TPSA) is 68.3 Å². The second-order valence-electron chi connectivity index (χ2n) is 7.76. The van der Waals surface area contributed by atoms with Gasteiger partial charge in [0.05, 0.1) is 31.6 Å². The molecule has 168 valence electrons. The maximum Gasteiger partial charge on any atom is 0.266 e. The lowest BCUT2D eigenvalue weighted by Crippen LogP contribution is -2.37. The molecule has 33 heavy (non-hydrogen) atoms. The number of amides is 2. The fourth-order valence-corrected chi connectivity index (χ4v) is 4.43. The summed E-state index contributed by atoms with van der Waals surface area (Å²) in [5.41, 5.74) is 1.74. The average Bonchev–Trinajstić information content (AvgIpc) is 3.36. The van der Waals surface area contributed by atoms with E-state index in [1.165, 1.54) is 31.4 Å². The number of anilines is 2. The summed E-state index contributed by atoms with van der Waals surface area (Å²) in [5.74, 6) is -1.10. The van der Waals surface area contributed by atoms with Crippen LogP contribution in [0.5, 0.6) is 11.5 Å². The molecule has 3 atom stereocenters. The monoisotopic (exact) mass is 448 g/mol. The minimum atomic E-state index is -1.01. The standard InChI is InChI=1S/C25H21FN2O5/c1-31-19-13-8-15(14-20(19)32-2)22-21-23(33-28(22)18-6-4-3-5-7-18)25(30)27(24(21)29)17-11-9-16(26)10-12-17/h3-14,21-23H,1-2H3/t21-,22+,23+/m0/s1. The normalized spacial score (nSPS) is 22.0. The fourth-order valence-electron chi connectivity index (χ4n) is 4.43. The number of hydroxylamine groups is 1. The van der Waals surface area contributed by atoms with Crippen LogP contribution in [-0.4, -0.2) is 32.1 Å². The number of para-hydroxylation sites is 1. The van der Waals surface area contributed by atoms with E-state index in [2.05, 4.69) is 0 Å². The summed E-state index contributed by atoms with van der Waals surface area (Å²) in [7, 11) is 3.08. The van der Waals surface area contributed by atoms with Gasteiger partial charge >= 0.3 is 0 Å². The van der Waals surface area contributed by atoms with Gasteiger partial charge in [0.2, 0.25) is 5.91 Å². The second-order valence-corrected chi connectivity index (χ2v) is 7.76. The molecule has 2 heterocycles. The summed E-state index contributed by atoms with van der Waals surface area (Å²) >= 11 is 0. The van der Waals surface area contributed by atoms with Crippen molar-refractivity contribution in [2.75, 3.05) is 24.2 Å². The molecule has 0 radical (unpaired) electrons. The quantitative estimate of drug-likeness (QED) is 0.552. The van der Waals surface area contributed by atoms with E-state index in [1.54, 1.807) is 24.3 Å². The average molecular weight is 448 g/mol. The molecule has 2 aliphatic rings. The molecule has 0 aliphatic carbocycles. The third kappa shape index (κ3) is 3.39. The number of imide groups is 1. The lowest BCUT2D eigenvalue weighted by molar-refractivity contribution is -0.126. The Bertz CT molecular complexity index is 1200. The smallest absolute Gasteiger partial charge is 0.266 e. The van der Waals surface area contributed by atoms with Crippen LogP contribution in [0.2, 0.25) is 0 Å². The highest BCUT2D eigenvalue weighted by atomic mass is 19.1. The molecule has 3 aromatic carbocycles. The van der Waals surface area contributed by atoms with Gasteiger partial charge in [0.25, 0.3) is 5.91 Å². The molecule has 8 heteroatoms. The van der Waals surface area contributed by atoms with Crippen molar-refractivity contribution < 1.29 is 28.3 Å². The molecule has 2 aliphatic heterocycles. The van der Waals surface area contributed by atoms with Gasteiger partial charge in [0.1, 0.15) is 11.7 Å². The number of ether oxygens (including phenoxy) is 2. The molecular formula is C25H21FN2O5. The number of fused-ring (bicyclic) bond motifs is 1. The number of carbonyl (C=O) groups is 2. The van der Waals surface area contributed by atoms with Gasteiger partial charge in [-0.3, -0.25) is 14.4 Å². The maximum atomic E-state index is 13.6. The predicted octanol–water partition coefficient (Wildman–Crippen LogP) is 3.89. The van der Waals surface area contributed by atoms with Crippen molar-refractivity contribution in [3.8, 4) is 11.5 Å². The number of rotatable bonds is 5. The van der Waals surface area contributed by atoms with Gasteiger partial charge in [-0.05, 0) is 54.1 Å². The van der Waals surface area contributed by atoms with Crippen LogP contribution in [0.3, 0.4) is 0 Å². The predicted molar refractivity (Wildman–Crippen MR) is 118 cm³/mol. The van der Waals surface area contributed by atoms with Crippen molar-refractivity contribution in [1.29, 1.82) is 0 Å². The molecule has 0 bridgehead atoms. The van der Waals surface area contributed by atoms with Gasteiger partial charge in [0.15, 0.2) is 17.6 Å². The Hall–Kier alpha value is -3.91. The van der Waals surface area contributed by atoms with E-state index in [4.69, 9.17) is 14.3 Å². The Morgan fingerprint density at radius 1 is 0.818 bits per heavy atom. The van der Waals surface area contributed by atoms with Crippen molar-refractivity contribution >= 4 is 23.2 Å². The number of hydrogen-bond donors (Lipinski definition) is 0. The van der Waals surface area contributed by atoms with Crippen LogP contribution in [0.15, 0.2) is 72.8 Å². The lowest BCUT2D eigenvalue weighted by Gasteiger charge is -2.29. The van der Waals surface area contributed by atoms with Crippen LogP contribution in [0.1, 0.15) is 11.6 Å². The van der Waals surface area contributed by atoms with Gasteiger partial charge in [0, 0.05) is 0 Å². The van der Waals surface area contributed by atoms with Crippen molar-refractivity contribution in [2.45, 2.75) is 12.1 Å². The van der Waals surface area contributed by atoms with Crippen molar-refractivity contribution in [2.24, 2.45) is 5.92 Å². The van der Waals surface area contributed by atoms with Crippen LogP contribution in [0.25, 0.3) is 0 Å². The summed E-state index contributed by atoms with van der Waals surface area (Å²) in [6, 6.07) is 19.3. The Morgan fingerprint density at radius 3 is 2.18 bits per heavy atom. The highest BCUT2D eigenvalue weighted by Gasteiger charge is 2.60. The Labute approximate surface area is 189 Å². The van der Waals surface area contributed by atoms with Crippen LogP contribution >= 0.6 is 0 Å². The summed E-state index contributed by atoms with van der Waals surface area (Å²) in [5, 5.41) is 1.61. The summed E-state index contributed by atoms with van der Waals surface area (Å²) < 4.78 is 24.2. The Morgan fingerprint density at radius 2 is 1.52 bits per heavy atom. The number of nitrogens with zero attached hydrogens (tertiary/aromatic N) is 2. The Kier molecular flexibility index (Phi) is 5.22. The third-order valence-electron chi connectivity index (χ3n) is 5.96. The van der Waals surface area contributed by atoms with Gasteiger partial charge in [-0.1, -0.05) is 24.3 Å². The van der Waals surface area contributed by atoms with E-state index in [-0.39, 0.29) is 0 Å². The van der Waals surface area contributed by atoms with Gasteiger partial charge in [-0.15, -0.1) is 0 Å². The zero-order chi connectivity index (χ0) is 23.1. The summed E-state index contributed by atoms with van der Waals surface area (Å²) in [6.07, 6.45) is -1.01. The molecule has 0 aromatic heterocycles. The highest BCUT2D eigenvalue weighted by molar-refractivity contribution is 6.23. The number of benzene rings is 3. The van der Waals surface area contributed by atoms with E-state index >= 15 is 0 Å². The highest BCUT2D eigenvalue weighted by Crippen LogP contribution is 2.48. The first-order valence-electron chi connectivity index (χ1n) is 10.4. The third-order valence-corrected chi connectivity index (χ3v) is 5.96. The van der Waals surface area contributed by atoms with Crippen molar-refractivity contribution in [1.82, 2.24) is 0 Å². The van der Waals surface area contributed by atoms with Crippen molar-refractivity contribution in [3.63, 3.8) is 0 Å². The summed E-state index contributed by atoms with van der Waals surface area (Å²) in [6.45, 7) is 0. The molecule has 2 saturated heterocycles. The molecule has 7 nitrogen and oxygen atoms in total. The SMILES string of the molecule is COc1ccc([C@@H]2[C@@H]3C(=O)N(c4ccc(F)cc4)C(=O)[C@@H]3ON2c2ccccc2)cc1OC.